The number of nitrogens with zero attached hydrogens (tertiary/aromatic N) is 4. The molecule has 30 heavy (non-hydrogen) atoms. The fraction of sp³-hybridized carbons (Fsp3) is 0.238. The maximum atomic E-state index is 14.0. The van der Waals surface area contributed by atoms with Crippen LogP contribution in [-0.4, -0.2) is 46.8 Å². The lowest BCUT2D eigenvalue weighted by atomic mass is 10.2. The summed E-state index contributed by atoms with van der Waals surface area (Å²) >= 11 is 12.1. The third kappa shape index (κ3) is 4.37. The number of aromatic nitrogens is 2. The van der Waals surface area contributed by atoms with E-state index in [9.17, 15) is 9.18 Å². The fourth-order valence-electron chi connectivity index (χ4n) is 3.30. The van der Waals surface area contributed by atoms with Crippen LogP contribution in [0.25, 0.3) is 0 Å². The van der Waals surface area contributed by atoms with Crippen LogP contribution in [0, 0.1) is 5.82 Å². The first-order valence-corrected chi connectivity index (χ1v) is 10.2. The molecule has 1 aliphatic heterocycles. The molecular weight excluding hydrogens is 430 g/mol. The van der Waals surface area contributed by atoms with E-state index in [1.165, 1.54) is 10.7 Å². The van der Waals surface area contributed by atoms with E-state index in [0.29, 0.717) is 53.4 Å². The van der Waals surface area contributed by atoms with Crippen molar-refractivity contribution in [2.24, 2.45) is 0 Å². The van der Waals surface area contributed by atoms with E-state index in [4.69, 9.17) is 27.9 Å². The lowest BCUT2D eigenvalue weighted by Crippen LogP contribution is -2.49. The number of amides is 1. The van der Waals surface area contributed by atoms with Crippen LogP contribution in [0.15, 0.2) is 54.7 Å². The summed E-state index contributed by atoms with van der Waals surface area (Å²) in [6.45, 7) is 2.20. The lowest BCUT2D eigenvalue weighted by molar-refractivity contribution is 0.0738. The van der Waals surface area contributed by atoms with Gasteiger partial charge in [-0.2, -0.15) is 5.10 Å². The second-order valence-corrected chi connectivity index (χ2v) is 7.58. The highest BCUT2D eigenvalue weighted by Crippen LogP contribution is 2.31. The van der Waals surface area contributed by atoms with Gasteiger partial charge in [0.05, 0.1) is 10.7 Å². The number of anilines is 1. The predicted octanol–water partition coefficient (Wildman–Crippen LogP) is 4.33. The van der Waals surface area contributed by atoms with Crippen molar-refractivity contribution < 1.29 is 13.9 Å². The van der Waals surface area contributed by atoms with E-state index in [1.807, 2.05) is 4.90 Å². The van der Waals surface area contributed by atoms with E-state index >= 15 is 0 Å². The minimum Gasteiger partial charge on any atom is -0.470 e. The van der Waals surface area contributed by atoms with Gasteiger partial charge in [0.15, 0.2) is 12.4 Å². The summed E-state index contributed by atoms with van der Waals surface area (Å²) in [5.41, 5.74) is 0.890. The SMILES string of the molecule is O=C(c1ccn(COc2cccc(Cl)c2Cl)n1)N1CCN(c2ccccc2F)CC1. The maximum Gasteiger partial charge on any atom is 0.274 e. The highest BCUT2D eigenvalue weighted by Gasteiger charge is 2.24. The smallest absolute Gasteiger partial charge is 0.274 e. The standard InChI is InChI=1S/C21H19Cl2FN4O2/c22-15-4-3-7-19(20(15)23)30-14-28-9-8-17(25-28)21(29)27-12-10-26(11-13-27)18-6-2-1-5-16(18)24/h1-9H,10-14H2. The molecule has 3 aromatic rings. The maximum absolute atomic E-state index is 14.0. The summed E-state index contributed by atoms with van der Waals surface area (Å²) in [5, 5.41) is 5.03. The van der Waals surface area contributed by atoms with Crippen molar-refractivity contribution in [3.8, 4) is 5.75 Å². The molecule has 0 unspecified atom stereocenters. The fourth-order valence-corrected chi connectivity index (χ4v) is 3.65. The van der Waals surface area contributed by atoms with Crippen LogP contribution in [0.5, 0.6) is 5.75 Å². The van der Waals surface area contributed by atoms with E-state index in [-0.39, 0.29) is 18.5 Å². The van der Waals surface area contributed by atoms with Gasteiger partial charge in [0.2, 0.25) is 0 Å². The van der Waals surface area contributed by atoms with Gasteiger partial charge in [0, 0.05) is 32.4 Å². The minimum absolute atomic E-state index is 0.0917. The predicted molar refractivity (Wildman–Crippen MR) is 114 cm³/mol. The van der Waals surface area contributed by atoms with E-state index in [0.717, 1.165) is 0 Å². The molecule has 1 fully saturated rings. The molecule has 1 amide bonds. The lowest BCUT2D eigenvalue weighted by Gasteiger charge is -2.35. The topological polar surface area (TPSA) is 50.6 Å². The average Bonchev–Trinajstić information content (AvgIpc) is 3.24. The number of hydrogen-bond donors (Lipinski definition) is 0. The summed E-state index contributed by atoms with van der Waals surface area (Å²) in [6.07, 6.45) is 1.67. The van der Waals surface area contributed by atoms with Crippen molar-refractivity contribution in [3.63, 3.8) is 0 Å². The normalized spacial score (nSPS) is 14.1. The van der Waals surface area contributed by atoms with Gasteiger partial charge in [-0.05, 0) is 30.3 Å². The Morgan fingerprint density at radius 3 is 2.57 bits per heavy atom. The highest BCUT2D eigenvalue weighted by molar-refractivity contribution is 6.42. The van der Waals surface area contributed by atoms with Crippen LogP contribution < -0.4 is 9.64 Å². The molecule has 0 spiro atoms. The quantitative estimate of drug-likeness (QED) is 0.582. The van der Waals surface area contributed by atoms with Crippen molar-refractivity contribution in [1.82, 2.24) is 14.7 Å². The second-order valence-electron chi connectivity index (χ2n) is 6.80. The Balaban J connectivity index is 1.34. The van der Waals surface area contributed by atoms with E-state index in [1.54, 1.807) is 53.6 Å². The van der Waals surface area contributed by atoms with Gasteiger partial charge < -0.3 is 14.5 Å². The van der Waals surface area contributed by atoms with Gasteiger partial charge >= 0.3 is 0 Å². The van der Waals surface area contributed by atoms with Gasteiger partial charge in [-0.1, -0.05) is 41.4 Å². The largest absolute Gasteiger partial charge is 0.470 e. The Morgan fingerprint density at radius 1 is 1.03 bits per heavy atom. The Labute approximate surface area is 183 Å². The molecule has 4 rings (SSSR count). The number of benzene rings is 2. The van der Waals surface area contributed by atoms with Gasteiger partial charge in [-0.3, -0.25) is 4.79 Å². The third-order valence-electron chi connectivity index (χ3n) is 4.89. The van der Waals surface area contributed by atoms with Crippen LogP contribution in [-0.2, 0) is 6.73 Å². The number of hydrogen-bond acceptors (Lipinski definition) is 4. The molecule has 1 saturated heterocycles. The zero-order valence-electron chi connectivity index (χ0n) is 16.0. The molecule has 1 aliphatic rings. The molecule has 2 heterocycles. The molecule has 2 aromatic carbocycles. The molecule has 0 radical (unpaired) electrons. The van der Waals surface area contributed by atoms with Crippen LogP contribution in [0.2, 0.25) is 10.0 Å². The van der Waals surface area contributed by atoms with Crippen molar-refractivity contribution in [2.75, 3.05) is 31.1 Å². The molecule has 9 heteroatoms. The summed E-state index contributed by atoms with van der Waals surface area (Å²) in [7, 11) is 0. The number of halogens is 3. The zero-order valence-corrected chi connectivity index (χ0v) is 17.5. The Morgan fingerprint density at radius 2 is 1.80 bits per heavy atom. The molecule has 0 N–H and O–H groups in total. The molecule has 0 bridgehead atoms. The Hall–Kier alpha value is -2.77. The first-order chi connectivity index (χ1) is 14.5. The van der Waals surface area contributed by atoms with Crippen LogP contribution in [0.1, 0.15) is 10.5 Å². The van der Waals surface area contributed by atoms with Crippen molar-refractivity contribution >= 4 is 34.8 Å². The monoisotopic (exact) mass is 448 g/mol. The zero-order chi connectivity index (χ0) is 21.1. The van der Waals surface area contributed by atoms with Gasteiger partial charge in [-0.15, -0.1) is 0 Å². The molecule has 6 nitrogen and oxygen atoms in total. The van der Waals surface area contributed by atoms with Crippen LogP contribution in [0.3, 0.4) is 0 Å². The number of piperazine rings is 1. The third-order valence-corrected chi connectivity index (χ3v) is 5.69. The number of carbonyl (C=O) groups excluding carboxylic acids is 1. The van der Waals surface area contributed by atoms with Crippen molar-refractivity contribution in [2.45, 2.75) is 6.73 Å². The number of carbonyl (C=O) groups is 1. The van der Waals surface area contributed by atoms with Crippen molar-refractivity contribution in [1.29, 1.82) is 0 Å². The summed E-state index contributed by atoms with van der Waals surface area (Å²) in [6, 6.07) is 13.4. The Bertz CT molecular complexity index is 1050. The molecule has 0 atom stereocenters. The first kappa shape index (κ1) is 20.5. The molecule has 1 aromatic heterocycles. The van der Waals surface area contributed by atoms with Gasteiger partial charge in [0.1, 0.15) is 16.6 Å². The number of ether oxygens (including phenoxy) is 1. The molecule has 156 valence electrons. The minimum atomic E-state index is -0.254. The van der Waals surface area contributed by atoms with Gasteiger partial charge in [-0.25, -0.2) is 9.07 Å². The number of rotatable bonds is 5. The average molecular weight is 449 g/mol. The second kappa shape index (κ2) is 8.93. The molecular formula is C21H19Cl2FN4O2. The summed E-state index contributed by atoms with van der Waals surface area (Å²) in [5.74, 6) is 0.0235. The molecule has 0 aliphatic carbocycles. The summed E-state index contributed by atoms with van der Waals surface area (Å²) < 4.78 is 21.1. The van der Waals surface area contributed by atoms with Crippen LogP contribution >= 0.6 is 23.2 Å². The molecule has 0 saturated carbocycles. The Kier molecular flexibility index (Phi) is 6.11. The summed E-state index contributed by atoms with van der Waals surface area (Å²) in [4.78, 5) is 16.4. The van der Waals surface area contributed by atoms with Crippen LogP contribution in [0.4, 0.5) is 10.1 Å². The van der Waals surface area contributed by atoms with Gasteiger partial charge in [0.25, 0.3) is 5.91 Å². The number of para-hydroxylation sites is 1. The first-order valence-electron chi connectivity index (χ1n) is 9.42. The van der Waals surface area contributed by atoms with E-state index < -0.39 is 0 Å². The van der Waals surface area contributed by atoms with E-state index in [2.05, 4.69) is 5.10 Å². The van der Waals surface area contributed by atoms with Crippen molar-refractivity contribution in [3.05, 3.63) is 76.3 Å². The highest BCUT2D eigenvalue weighted by atomic mass is 35.5.